The molecular weight excluding hydrogens is 388 g/mol. The van der Waals surface area contributed by atoms with Crippen molar-refractivity contribution < 1.29 is 4.74 Å². The van der Waals surface area contributed by atoms with Crippen molar-refractivity contribution in [2.24, 2.45) is 0 Å². The van der Waals surface area contributed by atoms with Gasteiger partial charge in [0.25, 0.3) is 0 Å². The highest BCUT2D eigenvalue weighted by atomic mass is 32.1. The van der Waals surface area contributed by atoms with Crippen LogP contribution in [0.3, 0.4) is 0 Å². The minimum atomic E-state index is 0.518. The van der Waals surface area contributed by atoms with Crippen LogP contribution in [0, 0.1) is 13.8 Å². The number of fused-ring (bicyclic) bond motifs is 1. The quantitative estimate of drug-likeness (QED) is 0.507. The maximum atomic E-state index is 5.45. The van der Waals surface area contributed by atoms with Gasteiger partial charge in [0.2, 0.25) is 5.82 Å². The van der Waals surface area contributed by atoms with Gasteiger partial charge in [0.05, 0.1) is 25.1 Å². The lowest BCUT2D eigenvalue weighted by atomic mass is 10.2. The van der Waals surface area contributed by atoms with Crippen molar-refractivity contribution in [1.82, 2.24) is 40.1 Å². The molecule has 29 heavy (non-hydrogen) atoms. The van der Waals surface area contributed by atoms with Crippen LogP contribution >= 0.6 is 11.3 Å². The fraction of sp³-hybridized carbons (Fsp3) is 0.368. The normalized spacial score (nSPS) is 15.2. The molecule has 10 heteroatoms. The highest BCUT2D eigenvalue weighted by Gasteiger charge is 2.20. The number of hydrogen-bond acceptors (Lipinski definition) is 9. The molecule has 1 aliphatic heterocycles. The van der Waals surface area contributed by atoms with Gasteiger partial charge in [-0.3, -0.25) is 9.88 Å². The highest BCUT2D eigenvalue weighted by Crippen LogP contribution is 2.32. The Labute approximate surface area is 171 Å². The van der Waals surface area contributed by atoms with E-state index in [0.29, 0.717) is 18.2 Å². The van der Waals surface area contributed by atoms with Crippen LogP contribution < -0.4 is 0 Å². The van der Waals surface area contributed by atoms with Crippen LogP contribution in [0.15, 0.2) is 24.5 Å². The molecule has 0 unspecified atom stereocenters. The third kappa shape index (κ3) is 3.50. The van der Waals surface area contributed by atoms with Crippen molar-refractivity contribution in [3.63, 3.8) is 0 Å². The van der Waals surface area contributed by atoms with E-state index in [1.165, 1.54) is 9.67 Å². The molecule has 0 atom stereocenters. The zero-order valence-corrected chi connectivity index (χ0v) is 17.1. The predicted octanol–water partition coefficient (Wildman–Crippen LogP) is 2.18. The van der Waals surface area contributed by atoms with E-state index in [1.807, 2.05) is 12.1 Å². The van der Waals surface area contributed by atoms with Gasteiger partial charge in [-0.2, -0.15) is 0 Å². The lowest BCUT2D eigenvalue weighted by Crippen LogP contribution is -2.36. The van der Waals surface area contributed by atoms with Gasteiger partial charge in [0.1, 0.15) is 10.7 Å². The molecule has 9 nitrogen and oxygen atoms in total. The number of ether oxygens (including phenoxy) is 1. The van der Waals surface area contributed by atoms with E-state index >= 15 is 0 Å². The summed E-state index contributed by atoms with van der Waals surface area (Å²) in [6.45, 7) is 8.10. The first kappa shape index (κ1) is 18.2. The fourth-order valence-corrected chi connectivity index (χ4v) is 4.40. The summed E-state index contributed by atoms with van der Waals surface area (Å²) < 4.78 is 5.45. The first-order valence-electron chi connectivity index (χ1n) is 9.46. The van der Waals surface area contributed by atoms with Crippen molar-refractivity contribution in [1.29, 1.82) is 0 Å². The minimum absolute atomic E-state index is 0.518. The smallest absolute Gasteiger partial charge is 0.206 e. The first-order chi connectivity index (χ1) is 14.2. The zero-order chi connectivity index (χ0) is 19.8. The number of rotatable bonds is 4. The molecule has 0 radical (unpaired) electrons. The summed E-state index contributed by atoms with van der Waals surface area (Å²) in [6.07, 6.45) is 3.44. The maximum Gasteiger partial charge on any atom is 0.206 e. The second kappa shape index (κ2) is 7.54. The highest BCUT2D eigenvalue weighted by molar-refractivity contribution is 7.18. The van der Waals surface area contributed by atoms with Crippen LogP contribution in [0.2, 0.25) is 0 Å². The van der Waals surface area contributed by atoms with Crippen LogP contribution in [-0.2, 0) is 11.3 Å². The van der Waals surface area contributed by atoms with Crippen molar-refractivity contribution in [3.8, 4) is 17.2 Å². The number of morpholine rings is 1. The molecule has 0 aliphatic carbocycles. The number of aryl methyl sites for hydroxylation is 2. The van der Waals surface area contributed by atoms with E-state index in [9.17, 15) is 0 Å². The summed E-state index contributed by atoms with van der Waals surface area (Å²) in [6, 6.07) is 3.76. The molecule has 0 aromatic carbocycles. The third-order valence-corrected chi connectivity index (χ3v) is 6.15. The summed E-state index contributed by atoms with van der Waals surface area (Å²) in [5, 5.41) is 14.0. The Morgan fingerprint density at radius 3 is 2.83 bits per heavy atom. The Kier molecular flexibility index (Phi) is 4.74. The Morgan fingerprint density at radius 2 is 2.03 bits per heavy atom. The van der Waals surface area contributed by atoms with Gasteiger partial charge in [0.15, 0.2) is 5.82 Å². The standard InChI is InChI=1S/C19H20N8OS/c1-12-13(2)29-19-16(12)18(21-15(22-19)11-26-6-8-28-9-7-26)27-24-17(23-25-27)14-4-3-5-20-10-14/h3-5,10H,6-9,11H2,1-2H3. The average molecular weight is 408 g/mol. The molecule has 1 saturated heterocycles. The van der Waals surface area contributed by atoms with Crippen molar-refractivity contribution >= 4 is 21.6 Å². The molecule has 4 aromatic rings. The molecule has 1 fully saturated rings. The largest absolute Gasteiger partial charge is 0.379 e. The molecule has 0 amide bonds. The number of aromatic nitrogens is 7. The lowest BCUT2D eigenvalue weighted by Gasteiger charge is -2.25. The van der Waals surface area contributed by atoms with Crippen LogP contribution in [0.1, 0.15) is 16.3 Å². The minimum Gasteiger partial charge on any atom is -0.379 e. The van der Waals surface area contributed by atoms with E-state index in [4.69, 9.17) is 14.7 Å². The second-order valence-corrected chi connectivity index (χ2v) is 8.16. The van der Waals surface area contributed by atoms with Crippen molar-refractivity contribution in [3.05, 3.63) is 40.8 Å². The number of hydrogen-bond donors (Lipinski definition) is 0. The topological polar surface area (TPSA) is 94.7 Å². The molecular formula is C19H20N8OS. The van der Waals surface area contributed by atoms with E-state index in [2.05, 4.69) is 39.1 Å². The van der Waals surface area contributed by atoms with E-state index in [0.717, 1.165) is 53.5 Å². The number of thiophene rings is 1. The monoisotopic (exact) mass is 408 g/mol. The summed E-state index contributed by atoms with van der Waals surface area (Å²) in [7, 11) is 0. The lowest BCUT2D eigenvalue weighted by molar-refractivity contribution is 0.0331. The molecule has 148 valence electrons. The molecule has 5 heterocycles. The summed E-state index contributed by atoms with van der Waals surface area (Å²) in [4.78, 5) is 19.8. The molecule has 0 N–H and O–H groups in total. The Bertz CT molecular complexity index is 1150. The van der Waals surface area contributed by atoms with Gasteiger partial charge in [-0.15, -0.1) is 26.3 Å². The van der Waals surface area contributed by atoms with Crippen molar-refractivity contribution in [2.45, 2.75) is 20.4 Å². The molecule has 0 spiro atoms. The zero-order valence-electron chi connectivity index (χ0n) is 16.2. The van der Waals surface area contributed by atoms with Gasteiger partial charge in [-0.25, -0.2) is 9.97 Å². The van der Waals surface area contributed by atoms with Gasteiger partial charge in [-0.1, -0.05) is 0 Å². The predicted molar refractivity (Wildman–Crippen MR) is 109 cm³/mol. The molecule has 4 aromatic heterocycles. The van der Waals surface area contributed by atoms with Gasteiger partial charge in [0, 0.05) is 35.9 Å². The van der Waals surface area contributed by atoms with E-state index < -0.39 is 0 Å². The Balaban J connectivity index is 1.59. The van der Waals surface area contributed by atoms with E-state index in [-0.39, 0.29) is 0 Å². The van der Waals surface area contributed by atoms with Crippen LogP contribution in [0.4, 0.5) is 0 Å². The Morgan fingerprint density at radius 1 is 1.17 bits per heavy atom. The second-order valence-electron chi connectivity index (χ2n) is 6.96. The van der Waals surface area contributed by atoms with Crippen LogP contribution in [0.5, 0.6) is 0 Å². The molecule has 1 aliphatic rings. The van der Waals surface area contributed by atoms with E-state index in [1.54, 1.807) is 23.7 Å². The van der Waals surface area contributed by atoms with Crippen LogP contribution in [0.25, 0.3) is 27.4 Å². The van der Waals surface area contributed by atoms with Crippen LogP contribution in [-0.4, -0.2) is 66.4 Å². The SMILES string of the molecule is Cc1sc2nc(CN3CCOCC3)nc(-n3nnc(-c4cccnc4)n3)c2c1C. The summed E-state index contributed by atoms with van der Waals surface area (Å²) >= 11 is 1.67. The summed E-state index contributed by atoms with van der Waals surface area (Å²) in [5.41, 5.74) is 1.97. The Hall–Kier alpha value is -2.82. The fourth-order valence-electron chi connectivity index (χ4n) is 3.36. The van der Waals surface area contributed by atoms with Gasteiger partial charge >= 0.3 is 0 Å². The molecule has 0 bridgehead atoms. The third-order valence-electron chi connectivity index (χ3n) is 5.05. The number of pyridine rings is 1. The molecule has 5 rings (SSSR count). The van der Waals surface area contributed by atoms with Gasteiger partial charge in [-0.05, 0) is 36.8 Å². The maximum absolute atomic E-state index is 5.45. The molecule has 0 saturated carbocycles. The average Bonchev–Trinajstić information content (AvgIpc) is 3.34. The van der Waals surface area contributed by atoms with Crippen molar-refractivity contribution in [2.75, 3.05) is 26.3 Å². The number of nitrogens with zero attached hydrogens (tertiary/aromatic N) is 8. The van der Waals surface area contributed by atoms with Gasteiger partial charge < -0.3 is 4.74 Å². The summed E-state index contributed by atoms with van der Waals surface area (Å²) in [5.74, 6) is 1.95. The number of tetrazole rings is 1. The first-order valence-corrected chi connectivity index (χ1v) is 10.3.